The first kappa shape index (κ1) is 17.3. The van der Waals surface area contributed by atoms with Crippen LogP contribution in [0.4, 0.5) is 0 Å². The second-order valence-corrected chi connectivity index (χ2v) is 4.08. The Morgan fingerprint density at radius 3 is 2.32 bits per heavy atom. The van der Waals surface area contributed by atoms with Crippen LogP contribution >= 0.6 is 0 Å². The molecule has 0 bridgehead atoms. The number of hydrogen-bond acceptors (Lipinski definition) is 5. The van der Waals surface area contributed by atoms with Crippen molar-refractivity contribution >= 4 is 17.7 Å². The number of nitrogens with one attached hydrogen (secondary N) is 1. The fraction of sp³-hybridized carbons (Fsp3) is 0.727. The van der Waals surface area contributed by atoms with E-state index in [1.165, 1.54) is 16.9 Å². The summed E-state index contributed by atoms with van der Waals surface area (Å²) in [5, 5.41) is 2.37. The van der Waals surface area contributed by atoms with Crippen molar-refractivity contribution in [1.29, 1.82) is 0 Å². The van der Waals surface area contributed by atoms with Gasteiger partial charge in [-0.3, -0.25) is 14.4 Å². The van der Waals surface area contributed by atoms with Gasteiger partial charge in [0.15, 0.2) is 0 Å². The summed E-state index contributed by atoms with van der Waals surface area (Å²) < 4.78 is 4.89. The van der Waals surface area contributed by atoms with Gasteiger partial charge in [0, 0.05) is 27.7 Å². The maximum Gasteiger partial charge on any atom is 0.242 e. The first-order valence-electron chi connectivity index (χ1n) is 5.86. The van der Waals surface area contributed by atoms with Crippen LogP contribution in [0.3, 0.4) is 0 Å². The van der Waals surface area contributed by atoms with E-state index in [2.05, 4.69) is 5.32 Å². The minimum atomic E-state index is -0.418. The molecule has 19 heavy (non-hydrogen) atoms. The molecule has 0 saturated heterocycles. The molecule has 0 rings (SSSR count). The van der Waals surface area contributed by atoms with E-state index in [1.54, 1.807) is 14.1 Å². The van der Waals surface area contributed by atoms with Crippen molar-refractivity contribution in [2.45, 2.75) is 0 Å². The Morgan fingerprint density at radius 2 is 1.84 bits per heavy atom. The molecule has 8 nitrogen and oxygen atoms in total. The molecule has 0 atom stereocenters. The number of amides is 3. The van der Waals surface area contributed by atoms with Crippen LogP contribution in [-0.2, 0) is 19.1 Å². The third kappa shape index (κ3) is 7.37. The van der Waals surface area contributed by atoms with Crippen molar-refractivity contribution in [3.05, 3.63) is 0 Å². The third-order valence-electron chi connectivity index (χ3n) is 2.37. The number of nitrogens with zero attached hydrogens (tertiary/aromatic N) is 2. The van der Waals surface area contributed by atoms with Crippen LogP contribution in [-0.4, -0.2) is 81.5 Å². The van der Waals surface area contributed by atoms with E-state index >= 15 is 0 Å². The van der Waals surface area contributed by atoms with E-state index in [-0.39, 0.29) is 38.0 Å². The Bertz CT molecular complexity index is 320. The number of carbonyl (C=O) groups excluding carboxylic acids is 3. The van der Waals surface area contributed by atoms with Gasteiger partial charge in [0.05, 0.1) is 26.2 Å². The Kier molecular flexibility index (Phi) is 8.47. The van der Waals surface area contributed by atoms with Gasteiger partial charge in [-0.1, -0.05) is 0 Å². The van der Waals surface area contributed by atoms with E-state index in [1.807, 2.05) is 0 Å². The zero-order valence-electron chi connectivity index (χ0n) is 11.6. The molecule has 0 spiro atoms. The number of carbonyl (C=O) groups is 3. The number of hydrogen-bond donors (Lipinski definition) is 2. The molecule has 0 aromatic carbocycles. The second kappa shape index (κ2) is 9.29. The quantitative estimate of drug-likeness (QED) is 0.514. The van der Waals surface area contributed by atoms with E-state index in [4.69, 9.17) is 10.5 Å². The van der Waals surface area contributed by atoms with Gasteiger partial charge in [0.2, 0.25) is 17.7 Å². The van der Waals surface area contributed by atoms with Crippen molar-refractivity contribution in [2.75, 3.05) is 54.0 Å². The van der Waals surface area contributed by atoms with Crippen LogP contribution < -0.4 is 11.1 Å². The highest BCUT2D eigenvalue weighted by Gasteiger charge is 2.18. The summed E-state index contributed by atoms with van der Waals surface area (Å²) in [5.41, 5.74) is 5.12. The highest BCUT2D eigenvalue weighted by atomic mass is 16.5. The van der Waals surface area contributed by atoms with Gasteiger partial charge in [-0.2, -0.15) is 0 Å². The molecule has 0 saturated carbocycles. The lowest BCUT2D eigenvalue weighted by Gasteiger charge is -2.23. The summed E-state index contributed by atoms with van der Waals surface area (Å²) in [4.78, 5) is 37.2. The molecular weight excluding hydrogens is 252 g/mol. The minimum Gasteiger partial charge on any atom is -0.383 e. The number of ether oxygens (including phenoxy) is 1. The molecule has 0 radical (unpaired) electrons. The molecule has 110 valence electrons. The highest BCUT2D eigenvalue weighted by molar-refractivity contribution is 5.88. The SMILES string of the molecule is COCCN(CC(=O)N(C)C)C(=O)CNC(=O)CN. The number of nitrogens with two attached hydrogens (primary N) is 1. The zero-order valence-corrected chi connectivity index (χ0v) is 11.6. The van der Waals surface area contributed by atoms with Gasteiger partial charge in [0.1, 0.15) is 0 Å². The van der Waals surface area contributed by atoms with Gasteiger partial charge in [-0.15, -0.1) is 0 Å². The normalized spacial score (nSPS) is 9.89. The molecule has 0 aromatic heterocycles. The molecule has 0 heterocycles. The van der Waals surface area contributed by atoms with Crippen LogP contribution in [0.25, 0.3) is 0 Å². The minimum absolute atomic E-state index is 0.0479. The lowest BCUT2D eigenvalue weighted by atomic mass is 10.4. The predicted molar refractivity (Wildman–Crippen MR) is 69.2 cm³/mol. The lowest BCUT2D eigenvalue weighted by molar-refractivity contribution is -0.139. The van der Waals surface area contributed by atoms with E-state index in [0.29, 0.717) is 6.61 Å². The molecular formula is C11H22N4O4. The van der Waals surface area contributed by atoms with Gasteiger partial charge in [-0.25, -0.2) is 0 Å². The Hall–Kier alpha value is -1.67. The molecule has 3 N–H and O–H groups in total. The Labute approximate surface area is 112 Å². The largest absolute Gasteiger partial charge is 0.383 e. The number of methoxy groups -OCH3 is 1. The fourth-order valence-electron chi connectivity index (χ4n) is 1.16. The van der Waals surface area contributed by atoms with Crippen molar-refractivity contribution in [3.8, 4) is 0 Å². The van der Waals surface area contributed by atoms with E-state index in [9.17, 15) is 14.4 Å². The van der Waals surface area contributed by atoms with Gasteiger partial charge < -0.3 is 25.6 Å². The third-order valence-corrected chi connectivity index (χ3v) is 2.37. The van der Waals surface area contributed by atoms with Crippen LogP contribution in [0.5, 0.6) is 0 Å². The first-order valence-corrected chi connectivity index (χ1v) is 5.86. The Balaban J connectivity index is 4.42. The van der Waals surface area contributed by atoms with Gasteiger partial charge >= 0.3 is 0 Å². The van der Waals surface area contributed by atoms with Gasteiger partial charge in [-0.05, 0) is 0 Å². The Morgan fingerprint density at radius 1 is 1.21 bits per heavy atom. The molecule has 8 heteroatoms. The molecule has 3 amide bonds. The number of likely N-dealkylation sites (N-methyl/N-ethyl adjacent to an activating group) is 1. The maximum atomic E-state index is 11.9. The van der Waals surface area contributed by atoms with Crippen molar-refractivity contribution < 1.29 is 19.1 Å². The number of rotatable bonds is 8. The lowest BCUT2D eigenvalue weighted by Crippen LogP contribution is -2.46. The first-order chi connectivity index (χ1) is 8.92. The van der Waals surface area contributed by atoms with E-state index in [0.717, 1.165) is 0 Å². The van der Waals surface area contributed by atoms with Crippen LogP contribution in [0.15, 0.2) is 0 Å². The monoisotopic (exact) mass is 274 g/mol. The zero-order chi connectivity index (χ0) is 14.8. The molecule has 0 fully saturated rings. The van der Waals surface area contributed by atoms with Gasteiger partial charge in [0.25, 0.3) is 0 Å². The summed E-state index contributed by atoms with van der Waals surface area (Å²) in [6.07, 6.45) is 0. The van der Waals surface area contributed by atoms with Crippen LogP contribution in [0.1, 0.15) is 0 Å². The molecule has 0 aliphatic rings. The molecule has 0 aromatic rings. The van der Waals surface area contributed by atoms with E-state index < -0.39 is 5.91 Å². The molecule has 0 unspecified atom stereocenters. The molecule has 0 aliphatic heterocycles. The fourth-order valence-corrected chi connectivity index (χ4v) is 1.16. The maximum absolute atomic E-state index is 11.9. The average molecular weight is 274 g/mol. The van der Waals surface area contributed by atoms with Crippen LogP contribution in [0, 0.1) is 0 Å². The summed E-state index contributed by atoms with van der Waals surface area (Å²) in [6.45, 7) is 0.195. The van der Waals surface area contributed by atoms with Crippen LogP contribution in [0.2, 0.25) is 0 Å². The predicted octanol–water partition coefficient (Wildman–Crippen LogP) is -2.38. The summed E-state index contributed by atoms with van der Waals surface area (Å²) in [6, 6.07) is 0. The second-order valence-electron chi connectivity index (χ2n) is 4.08. The summed E-state index contributed by atoms with van der Waals surface area (Å²) in [5.74, 6) is -0.970. The summed E-state index contributed by atoms with van der Waals surface area (Å²) in [7, 11) is 4.72. The van der Waals surface area contributed by atoms with Crippen molar-refractivity contribution in [1.82, 2.24) is 15.1 Å². The highest BCUT2D eigenvalue weighted by Crippen LogP contribution is 1.93. The van der Waals surface area contributed by atoms with Crippen molar-refractivity contribution in [2.24, 2.45) is 5.73 Å². The molecule has 0 aliphatic carbocycles. The van der Waals surface area contributed by atoms with Crippen molar-refractivity contribution in [3.63, 3.8) is 0 Å². The topological polar surface area (TPSA) is 105 Å². The smallest absolute Gasteiger partial charge is 0.242 e. The summed E-state index contributed by atoms with van der Waals surface area (Å²) >= 11 is 0. The standard InChI is InChI=1S/C11H22N4O4/c1-14(2)11(18)8-15(4-5-19-3)10(17)7-13-9(16)6-12/h4-8,12H2,1-3H3,(H,13,16). The average Bonchev–Trinajstić information content (AvgIpc) is 2.39.